The van der Waals surface area contributed by atoms with Crippen LogP contribution in [0.2, 0.25) is 0 Å². The first-order valence-electron chi connectivity index (χ1n) is 11.3. The van der Waals surface area contributed by atoms with E-state index in [1.807, 2.05) is 7.11 Å². The Hall–Kier alpha value is -0.240. The van der Waals surface area contributed by atoms with Crippen molar-refractivity contribution >= 4 is 0 Å². The number of aliphatic hydroxyl groups excluding tert-OH is 1. The van der Waals surface area contributed by atoms with Gasteiger partial charge in [0.05, 0.1) is 23.9 Å². The first-order valence-corrected chi connectivity index (χ1v) is 11.3. The smallest absolute Gasteiger partial charge is 0.117 e. The number of piperidine rings is 1. The maximum absolute atomic E-state index is 12.2. The van der Waals surface area contributed by atoms with Crippen LogP contribution in [0.4, 0.5) is 0 Å². The van der Waals surface area contributed by atoms with Crippen LogP contribution in [-0.2, 0) is 9.47 Å². The second-order valence-corrected chi connectivity index (χ2v) is 10.7. The predicted molar refractivity (Wildman–Crippen MR) is 102 cm³/mol. The summed E-state index contributed by atoms with van der Waals surface area (Å²) >= 11 is 0. The molecule has 1 saturated heterocycles. The first-order chi connectivity index (χ1) is 13.4. The highest BCUT2D eigenvalue weighted by Gasteiger charge is 2.84. The van der Waals surface area contributed by atoms with Crippen LogP contribution < -0.4 is 0 Å². The monoisotopic (exact) mass is 393 g/mol. The summed E-state index contributed by atoms with van der Waals surface area (Å²) in [6, 6.07) is 0.278. The Morgan fingerprint density at radius 1 is 0.964 bits per heavy atom. The van der Waals surface area contributed by atoms with Crippen LogP contribution >= 0.6 is 0 Å². The van der Waals surface area contributed by atoms with Crippen molar-refractivity contribution in [1.29, 1.82) is 0 Å². The van der Waals surface area contributed by atoms with E-state index in [2.05, 4.69) is 11.8 Å². The molecule has 1 heterocycles. The van der Waals surface area contributed by atoms with E-state index in [4.69, 9.17) is 9.47 Å². The van der Waals surface area contributed by atoms with Gasteiger partial charge < -0.3 is 24.8 Å². The number of ether oxygens (including phenoxy) is 2. The largest absolute Gasteiger partial charge is 0.390 e. The molecule has 5 unspecified atom stereocenters. The van der Waals surface area contributed by atoms with E-state index in [9.17, 15) is 15.3 Å². The van der Waals surface area contributed by atoms with Gasteiger partial charge in [0.1, 0.15) is 5.60 Å². The van der Waals surface area contributed by atoms with Gasteiger partial charge in [-0.3, -0.25) is 4.90 Å². The van der Waals surface area contributed by atoms with Gasteiger partial charge in [0.25, 0.3) is 0 Å². The van der Waals surface area contributed by atoms with E-state index >= 15 is 0 Å². The van der Waals surface area contributed by atoms with E-state index < -0.39 is 23.4 Å². The molecule has 0 aromatic rings. The molecule has 6 aliphatic rings. The van der Waals surface area contributed by atoms with Crippen molar-refractivity contribution in [3.63, 3.8) is 0 Å². The third kappa shape index (κ3) is 1.69. The van der Waals surface area contributed by atoms with Gasteiger partial charge in [-0.05, 0) is 50.0 Å². The lowest BCUT2D eigenvalue weighted by Gasteiger charge is -2.66. The second-order valence-electron chi connectivity index (χ2n) is 10.7. The number of nitrogens with zero attached hydrogens (tertiary/aromatic N) is 1. The number of rotatable bonds is 3. The average Bonchev–Trinajstić information content (AvgIpc) is 3.04. The van der Waals surface area contributed by atoms with E-state index in [1.165, 1.54) is 6.42 Å². The van der Waals surface area contributed by atoms with Crippen LogP contribution in [0.5, 0.6) is 0 Å². The summed E-state index contributed by atoms with van der Waals surface area (Å²) in [4.78, 5) is 2.61. The molecule has 12 atom stereocenters. The third-order valence-corrected chi connectivity index (χ3v) is 10.6. The van der Waals surface area contributed by atoms with Crippen molar-refractivity contribution in [3.05, 3.63) is 0 Å². The van der Waals surface area contributed by atoms with Crippen LogP contribution in [0.15, 0.2) is 0 Å². The normalized spacial score (nSPS) is 64.3. The highest BCUT2D eigenvalue weighted by Crippen LogP contribution is 2.77. The summed E-state index contributed by atoms with van der Waals surface area (Å²) in [6.45, 7) is 4.33. The molecule has 3 N–H and O–H groups in total. The van der Waals surface area contributed by atoms with E-state index in [0.29, 0.717) is 24.7 Å². The molecule has 6 heteroatoms. The van der Waals surface area contributed by atoms with Gasteiger partial charge in [-0.2, -0.15) is 0 Å². The number of likely N-dealkylation sites (tertiary alicyclic amines) is 1. The van der Waals surface area contributed by atoms with Crippen molar-refractivity contribution in [1.82, 2.24) is 4.90 Å². The summed E-state index contributed by atoms with van der Waals surface area (Å²) in [5.74, 6) is 1.09. The Morgan fingerprint density at radius 3 is 2.39 bits per heavy atom. The molecule has 1 spiro atoms. The van der Waals surface area contributed by atoms with E-state index in [1.54, 1.807) is 7.11 Å². The fraction of sp³-hybridized carbons (Fsp3) is 1.00. The molecule has 6 fully saturated rings. The number of aliphatic hydroxyl groups is 3. The van der Waals surface area contributed by atoms with Crippen molar-refractivity contribution in [3.8, 4) is 0 Å². The molecule has 0 aromatic heterocycles. The zero-order chi connectivity index (χ0) is 19.6. The molecular formula is C22H35NO5. The Labute approximate surface area is 167 Å². The number of hydrogen-bond donors (Lipinski definition) is 3. The van der Waals surface area contributed by atoms with E-state index in [0.717, 1.165) is 25.9 Å². The molecule has 1 aliphatic heterocycles. The Morgan fingerprint density at radius 2 is 1.71 bits per heavy atom. The quantitative estimate of drug-likeness (QED) is 0.653. The fourth-order valence-corrected chi connectivity index (χ4v) is 9.94. The standard InChI is InChI=1S/C22H35NO5/c1-4-23-10-11-5-6-15(27-2)22-12(11)7-13(18(22)23)20(25)9-16(28-3)21(26)8-14(22)17(20)19(21)24/h11-19,24-26H,4-10H2,1-3H3/t11-,12?,13-,14?,15-,16-,17?,18?,19?,20-,21-,22-/m0/s1. The maximum Gasteiger partial charge on any atom is 0.117 e. The molecule has 5 aliphatic carbocycles. The fourth-order valence-electron chi connectivity index (χ4n) is 9.94. The molecule has 0 aromatic carbocycles. The van der Waals surface area contributed by atoms with Crippen LogP contribution in [0, 0.1) is 35.0 Å². The molecule has 7 bridgehead atoms. The van der Waals surface area contributed by atoms with Crippen LogP contribution in [0.25, 0.3) is 0 Å². The lowest BCUT2D eigenvalue weighted by molar-refractivity contribution is -0.272. The topological polar surface area (TPSA) is 82.4 Å². The molecule has 158 valence electrons. The Balaban J connectivity index is 1.59. The molecule has 28 heavy (non-hydrogen) atoms. The lowest BCUT2D eigenvalue weighted by Crippen LogP contribution is -2.75. The lowest BCUT2D eigenvalue weighted by atomic mass is 9.46. The van der Waals surface area contributed by atoms with Gasteiger partial charge in [0, 0.05) is 50.5 Å². The highest BCUT2D eigenvalue weighted by molar-refractivity contribution is 5.34. The third-order valence-electron chi connectivity index (χ3n) is 10.6. The SMILES string of the molecule is CCN1C[C@@H]2CC[C@H](OC)[C@@]34C5C[C@@]6(O)C(O)C5[C@](O)(C[C@@H]6OC)[C@@H](CC23)C14. The minimum Gasteiger partial charge on any atom is -0.390 e. The summed E-state index contributed by atoms with van der Waals surface area (Å²) < 4.78 is 11.9. The summed E-state index contributed by atoms with van der Waals surface area (Å²) in [7, 11) is 3.44. The van der Waals surface area contributed by atoms with Gasteiger partial charge >= 0.3 is 0 Å². The molecule has 6 nitrogen and oxygen atoms in total. The van der Waals surface area contributed by atoms with Crippen LogP contribution in [0.1, 0.15) is 39.0 Å². The van der Waals surface area contributed by atoms with Gasteiger partial charge in [0.15, 0.2) is 0 Å². The number of hydrogen-bond acceptors (Lipinski definition) is 6. The number of methoxy groups -OCH3 is 2. The van der Waals surface area contributed by atoms with Gasteiger partial charge in [-0.25, -0.2) is 0 Å². The second kappa shape index (κ2) is 5.51. The van der Waals surface area contributed by atoms with E-state index in [-0.39, 0.29) is 35.3 Å². The molecule has 0 amide bonds. The van der Waals surface area contributed by atoms with Crippen molar-refractivity contribution in [2.45, 2.75) is 74.6 Å². The summed E-state index contributed by atoms with van der Waals surface area (Å²) in [5.41, 5.74) is -2.30. The molecule has 0 radical (unpaired) electrons. The Bertz CT molecular complexity index is 690. The summed E-state index contributed by atoms with van der Waals surface area (Å²) in [6.07, 6.45) is 2.92. The highest BCUT2D eigenvalue weighted by atomic mass is 16.5. The molecule has 6 rings (SSSR count). The minimum atomic E-state index is -1.26. The minimum absolute atomic E-state index is 0.0679. The predicted octanol–water partition coefficient (Wildman–Crippen LogP) is 0.630. The van der Waals surface area contributed by atoms with Crippen LogP contribution in [-0.4, -0.2) is 83.1 Å². The molecule has 5 saturated carbocycles. The average molecular weight is 394 g/mol. The number of fused-ring (bicyclic) bond motifs is 2. The van der Waals surface area contributed by atoms with Gasteiger partial charge in [0.2, 0.25) is 0 Å². The Kier molecular flexibility index (Phi) is 3.65. The van der Waals surface area contributed by atoms with Crippen molar-refractivity contribution in [2.75, 3.05) is 27.3 Å². The van der Waals surface area contributed by atoms with Gasteiger partial charge in [-0.15, -0.1) is 0 Å². The van der Waals surface area contributed by atoms with Crippen molar-refractivity contribution < 1.29 is 24.8 Å². The summed E-state index contributed by atoms with van der Waals surface area (Å²) in [5, 5.41) is 35.0. The molecular weight excluding hydrogens is 358 g/mol. The maximum atomic E-state index is 12.2. The van der Waals surface area contributed by atoms with Crippen molar-refractivity contribution in [2.24, 2.45) is 35.0 Å². The zero-order valence-corrected chi connectivity index (χ0v) is 17.3. The van der Waals surface area contributed by atoms with Gasteiger partial charge in [-0.1, -0.05) is 6.92 Å². The first kappa shape index (κ1) is 18.5. The van der Waals surface area contributed by atoms with Crippen LogP contribution in [0.3, 0.4) is 0 Å². The zero-order valence-electron chi connectivity index (χ0n) is 17.3.